The number of carbonyl (C=O) groups is 3. The molecule has 0 saturated carbocycles. The molecule has 0 rings (SSSR count). The summed E-state index contributed by atoms with van der Waals surface area (Å²) in [5, 5.41) is 0. The fourth-order valence-corrected chi connectivity index (χ4v) is 6.51. The van der Waals surface area contributed by atoms with E-state index in [0.717, 1.165) is 89.9 Å². The van der Waals surface area contributed by atoms with Gasteiger partial charge >= 0.3 is 17.9 Å². The molecule has 0 aromatic heterocycles. The summed E-state index contributed by atoms with van der Waals surface area (Å²) in [5.41, 5.74) is 0. The molecular weight excluding hydrogens is 697 g/mol. The molecule has 0 heterocycles. The standard InChI is InChI=1S/C50H88O6/c1-4-7-10-13-16-19-22-25-28-31-34-37-40-43-49(52)55-46-47(45-54-48(51)42-39-36-33-30-27-24-21-18-15-12-9-6-3)56-50(53)44-41-38-35-32-29-26-23-20-17-14-11-8-5-2/h9,12,18,21,25,27-28,30,47H,4-8,10-11,13-17,19-20,22-24,26,29,31-46H2,1-3H3/b12-9-,21-18-,28-25-,30-27-. The number of hydrogen-bond acceptors (Lipinski definition) is 6. The molecule has 0 bridgehead atoms. The summed E-state index contributed by atoms with van der Waals surface area (Å²) in [6.45, 7) is 6.46. The van der Waals surface area contributed by atoms with Gasteiger partial charge in [0.15, 0.2) is 6.10 Å². The Morgan fingerprint density at radius 3 is 1.16 bits per heavy atom. The minimum atomic E-state index is -0.789. The minimum Gasteiger partial charge on any atom is -0.462 e. The van der Waals surface area contributed by atoms with Gasteiger partial charge in [0.1, 0.15) is 13.2 Å². The Labute approximate surface area is 346 Å². The number of ether oxygens (including phenoxy) is 3. The number of hydrogen-bond donors (Lipinski definition) is 0. The molecule has 0 saturated heterocycles. The van der Waals surface area contributed by atoms with Crippen molar-refractivity contribution < 1.29 is 28.6 Å². The van der Waals surface area contributed by atoms with Crippen molar-refractivity contribution in [3.05, 3.63) is 48.6 Å². The third-order valence-corrected chi connectivity index (χ3v) is 10.1. The Hall–Kier alpha value is -2.63. The van der Waals surface area contributed by atoms with Gasteiger partial charge in [0, 0.05) is 19.3 Å². The zero-order valence-electron chi connectivity index (χ0n) is 36.9. The lowest BCUT2D eigenvalue weighted by Crippen LogP contribution is -2.30. The van der Waals surface area contributed by atoms with Gasteiger partial charge < -0.3 is 14.2 Å². The topological polar surface area (TPSA) is 78.9 Å². The van der Waals surface area contributed by atoms with Crippen LogP contribution in [0.15, 0.2) is 48.6 Å². The lowest BCUT2D eigenvalue weighted by molar-refractivity contribution is -0.167. The Bertz CT molecular complexity index is 996. The van der Waals surface area contributed by atoms with Gasteiger partial charge in [-0.05, 0) is 77.0 Å². The second-order valence-corrected chi connectivity index (χ2v) is 15.6. The monoisotopic (exact) mass is 785 g/mol. The van der Waals surface area contributed by atoms with Crippen molar-refractivity contribution in [3.63, 3.8) is 0 Å². The zero-order chi connectivity index (χ0) is 40.8. The van der Waals surface area contributed by atoms with Crippen LogP contribution in [0.5, 0.6) is 0 Å². The van der Waals surface area contributed by atoms with Crippen LogP contribution in [-0.4, -0.2) is 37.2 Å². The minimum absolute atomic E-state index is 0.0915. The van der Waals surface area contributed by atoms with Crippen molar-refractivity contribution in [1.29, 1.82) is 0 Å². The van der Waals surface area contributed by atoms with Gasteiger partial charge in [-0.2, -0.15) is 0 Å². The first kappa shape index (κ1) is 53.4. The molecule has 0 fully saturated rings. The molecule has 0 aliphatic carbocycles. The van der Waals surface area contributed by atoms with Crippen molar-refractivity contribution in [2.75, 3.05) is 13.2 Å². The maximum atomic E-state index is 12.7. The zero-order valence-corrected chi connectivity index (χ0v) is 36.9. The van der Waals surface area contributed by atoms with Crippen LogP contribution in [0.25, 0.3) is 0 Å². The summed E-state index contributed by atoms with van der Waals surface area (Å²) in [6.07, 6.45) is 52.4. The first-order chi connectivity index (χ1) is 27.5. The van der Waals surface area contributed by atoms with Crippen LogP contribution in [0.3, 0.4) is 0 Å². The largest absolute Gasteiger partial charge is 0.462 e. The van der Waals surface area contributed by atoms with E-state index in [1.165, 1.54) is 103 Å². The fraction of sp³-hybridized carbons (Fsp3) is 0.780. The highest BCUT2D eigenvalue weighted by atomic mass is 16.6. The smallest absolute Gasteiger partial charge is 0.306 e. The molecule has 0 amide bonds. The molecule has 1 unspecified atom stereocenters. The van der Waals surface area contributed by atoms with Gasteiger partial charge in [-0.1, -0.05) is 185 Å². The van der Waals surface area contributed by atoms with Crippen LogP contribution in [0.4, 0.5) is 0 Å². The third kappa shape index (κ3) is 42.5. The number of allylic oxidation sites excluding steroid dienone is 8. The van der Waals surface area contributed by atoms with Crippen molar-refractivity contribution in [1.82, 2.24) is 0 Å². The molecule has 0 N–H and O–H groups in total. The van der Waals surface area contributed by atoms with E-state index in [9.17, 15) is 14.4 Å². The maximum absolute atomic E-state index is 12.7. The van der Waals surface area contributed by atoms with E-state index in [4.69, 9.17) is 14.2 Å². The van der Waals surface area contributed by atoms with Gasteiger partial charge in [-0.15, -0.1) is 0 Å². The Morgan fingerprint density at radius 2 is 0.696 bits per heavy atom. The lowest BCUT2D eigenvalue weighted by atomic mass is 10.0. The fourth-order valence-electron chi connectivity index (χ4n) is 6.51. The van der Waals surface area contributed by atoms with Crippen molar-refractivity contribution >= 4 is 17.9 Å². The normalized spacial score (nSPS) is 12.4. The molecule has 0 aliphatic heterocycles. The predicted molar refractivity (Wildman–Crippen MR) is 238 cm³/mol. The van der Waals surface area contributed by atoms with Gasteiger partial charge in [0.05, 0.1) is 0 Å². The highest BCUT2D eigenvalue weighted by molar-refractivity contribution is 5.71. The highest BCUT2D eigenvalue weighted by Gasteiger charge is 2.19. The molecular formula is C50H88O6. The molecule has 0 aliphatic rings. The van der Waals surface area contributed by atoms with E-state index in [1.54, 1.807) is 0 Å². The molecule has 1 atom stereocenters. The molecule has 6 nitrogen and oxygen atoms in total. The van der Waals surface area contributed by atoms with E-state index in [-0.39, 0.29) is 31.1 Å². The molecule has 0 aromatic carbocycles. The number of rotatable bonds is 42. The van der Waals surface area contributed by atoms with E-state index in [0.29, 0.717) is 19.3 Å². The van der Waals surface area contributed by atoms with Crippen molar-refractivity contribution in [2.45, 2.75) is 239 Å². The second-order valence-electron chi connectivity index (χ2n) is 15.6. The first-order valence-electron chi connectivity index (χ1n) is 23.6. The van der Waals surface area contributed by atoms with Crippen LogP contribution < -0.4 is 0 Å². The van der Waals surface area contributed by atoms with E-state index < -0.39 is 6.10 Å². The summed E-state index contributed by atoms with van der Waals surface area (Å²) in [7, 11) is 0. The second kappa shape index (κ2) is 45.1. The van der Waals surface area contributed by atoms with Crippen LogP contribution in [0.1, 0.15) is 233 Å². The molecule has 0 spiro atoms. The average molecular weight is 785 g/mol. The predicted octanol–water partition coefficient (Wildman–Crippen LogP) is 15.1. The maximum Gasteiger partial charge on any atom is 0.306 e. The van der Waals surface area contributed by atoms with Crippen molar-refractivity contribution in [3.8, 4) is 0 Å². The molecule has 6 heteroatoms. The molecule has 324 valence electrons. The van der Waals surface area contributed by atoms with E-state index in [2.05, 4.69) is 69.4 Å². The van der Waals surface area contributed by atoms with Crippen LogP contribution in [-0.2, 0) is 28.6 Å². The summed E-state index contributed by atoms with van der Waals surface area (Å²) in [6, 6.07) is 0. The number of unbranched alkanes of at least 4 members (excludes halogenated alkanes) is 23. The Morgan fingerprint density at radius 1 is 0.375 bits per heavy atom. The Kier molecular flexibility index (Phi) is 43.0. The molecule has 0 radical (unpaired) electrons. The summed E-state index contributed by atoms with van der Waals surface area (Å²) >= 11 is 0. The summed E-state index contributed by atoms with van der Waals surface area (Å²) < 4.78 is 16.7. The number of esters is 3. The molecule has 56 heavy (non-hydrogen) atoms. The quantitative estimate of drug-likeness (QED) is 0.0265. The van der Waals surface area contributed by atoms with E-state index in [1.807, 2.05) is 0 Å². The van der Waals surface area contributed by atoms with Crippen molar-refractivity contribution in [2.24, 2.45) is 0 Å². The van der Waals surface area contributed by atoms with Crippen LogP contribution >= 0.6 is 0 Å². The third-order valence-electron chi connectivity index (χ3n) is 10.1. The lowest BCUT2D eigenvalue weighted by Gasteiger charge is -2.18. The van der Waals surface area contributed by atoms with E-state index >= 15 is 0 Å². The number of carbonyl (C=O) groups excluding carboxylic acids is 3. The SMILES string of the molecule is CC/C=C\C/C=C\C/C=C\CCCCC(=O)OCC(COC(=O)CCCCC/C=C\CCCCCCCC)OC(=O)CCCCCCCCCCCCCCC. The summed E-state index contributed by atoms with van der Waals surface area (Å²) in [5.74, 6) is -0.944. The first-order valence-corrected chi connectivity index (χ1v) is 23.6. The van der Waals surface area contributed by atoms with Gasteiger partial charge in [0.2, 0.25) is 0 Å². The van der Waals surface area contributed by atoms with Gasteiger partial charge in [0.25, 0.3) is 0 Å². The van der Waals surface area contributed by atoms with Gasteiger partial charge in [-0.3, -0.25) is 14.4 Å². The molecule has 0 aromatic rings. The highest BCUT2D eigenvalue weighted by Crippen LogP contribution is 2.14. The van der Waals surface area contributed by atoms with Gasteiger partial charge in [-0.25, -0.2) is 0 Å². The van der Waals surface area contributed by atoms with Crippen LogP contribution in [0, 0.1) is 0 Å². The summed E-state index contributed by atoms with van der Waals surface area (Å²) in [4.78, 5) is 37.8. The Balaban J connectivity index is 4.44. The average Bonchev–Trinajstić information content (AvgIpc) is 3.19. The van der Waals surface area contributed by atoms with Crippen LogP contribution in [0.2, 0.25) is 0 Å².